The second-order valence-electron chi connectivity index (χ2n) is 2.73. The van der Waals surface area contributed by atoms with Crippen molar-refractivity contribution in [2.24, 2.45) is 0 Å². The smallest absolute Gasteiger partial charge is 0.303 e. The van der Waals surface area contributed by atoms with E-state index < -0.39 is 5.97 Å². The van der Waals surface area contributed by atoms with Gasteiger partial charge in [-0.1, -0.05) is 32.0 Å². The number of aryl methyl sites for hydroxylation is 1. The highest BCUT2D eigenvalue weighted by Crippen LogP contribution is 2.14. The third-order valence-electron chi connectivity index (χ3n) is 1.67. The zero-order valence-corrected chi connectivity index (χ0v) is 8.53. The van der Waals surface area contributed by atoms with Crippen molar-refractivity contribution >= 4 is 5.97 Å². The molecule has 0 aliphatic carbocycles. The predicted octanol–water partition coefficient (Wildman–Crippen LogP) is 2.44. The van der Waals surface area contributed by atoms with Crippen molar-refractivity contribution < 1.29 is 15.0 Å². The summed E-state index contributed by atoms with van der Waals surface area (Å²) in [6, 6.07) is 7.39. The minimum atomic E-state index is -0.745. The molecule has 2 N–H and O–H groups in total. The molecule has 0 unspecified atom stereocenters. The van der Waals surface area contributed by atoms with Crippen molar-refractivity contribution in [2.75, 3.05) is 0 Å². The fraction of sp³-hybridized carbons (Fsp3) is 0.364. The molecule has 14 heavy (non-hydrogen) atoms. The van der Waals surface area contributed by atoms with Gasteiger partial charge in [0, 0.05) is 6.42 Å². The molecular weight excluding hydrogens is 180 g/mol. The fourth-order valence-corrected chi connectivity index (χ4v) is 0.810. The average molecular weight is 196 g/mol. The van der Waals surface area contributed by atoms with Crippen LogP contribution in [-0.4, -0.2) is 16.2 Å². The highest BCUT2D eigenvalue weighted by Gasteiger charge is 1.92. The molecule has 0 atom stereocenters. The number of phenolic OH excluding ortho intramolecular Hbond substituents is 1. The zero-order valence-electron chi connectivity index (χ0n) is 8.53. The van der Waals surface area contributed by atoms with Gasteiger partial charge in [0.25, 0.3) is 0 Å². The largest absolute Gasteiger partial charge is 0.508 e. The molecule has 0 aromatic heterocycles. The maximum atomic E-state index is 9.37. The topological polar surface area (TPSA) is 57.5 Å². The Morgan fingerprint density at radius 1 is 1.29 bits per heavy atom. The molecule has 0 saturated heterocycles. The van der Waals surface area contributed by atoms with Crippen molar-refractivity contribution in [3.8, 4) is 5.75 Å². The summed E-state index contributed by atoms with van der Waals surface area (Å²) < 4.78 is 0. The zero-order chi connectivity index (χ0) is 11.0. The lowest BCUT2D eigenvalue weighted by molar-refractivity contribution is -0.136. The average Bonchev–Trinajstić information content (AvgIpc) is 2.19. The minimum absolute atomic E-state index is 0.222. The molecule has 0 aliphatic rings. The molecule has 1 aromatic carbocycles. The molecule has 0 saturated carbocycles. The fourth-order valence-electron chi connectivity index (χ4n) is 0.810. The molecule has 0 spiro atoms. The summed E-state index contributed by atoms with van der Waals surface area (Å²) in [7, 11) is 0. The first-order valence-corrected chi connectivity index (χ1v) is 4.60. The Hall–Kier alpha value is -1.51. The van der Waals surface area contributed by atoms with Crippen LogP contribution in [0.1, 0.15) is 25.8 Å². The molecule has 78 valence electrons. The number of carbonyl (C=O) groups is 1. The van der Waals surface area contributed by atoms with Gasteiger partial charge in [0.15, 0.2) is 0 Å². The van der Waals surface area contributed by atoms with Crippen LogP contribution < -0.4 is 0 Å². The van der Waals surface area contributed by atoms with Crippen LogP contribution in [0.3, 0.4) is 0 Å². The van der Waals surface area contributed by atoms with Crippen LogP contribution in [0.2, 0.25) is 0 Å². The Morgan fingerprint density at radius 3 is 2.07 bits per heavy atom. The van der Waals surface area contributed by atoms with E-state index >= 15 is 0 Å². The van der Waals surface area contributed by atoms with Crippen molar-refractivity contribution in [1.82, 2.24) is 0 Å². The molecule has 1 aromatic rings. The van der Waals surface area contributed by atoms with Crippen LogP contribution in [0, 0.1) is 0 Å². The van der Waals surface area contributed by atoms with Gasteiger partial charge in [0.2, 0.25) is 0 Å². The van der Waals surface area contributed by atoms with Crippen LogP contribution in [0.4, 0.5) is 0 Å². The van der Waals surface area contributed by atoms with E-state index in [4.69, 9.17) is 10.2 Å². The van der Waals surface area contributed by atoms with E-state index in [1.165, 1.54) is 0 Å². The minimum Gasteiger partial charge on any atom is -0.508 e. The summed E-state index contributed by atoms with van der Waals surface area (Å²) in [5, 5.41) is 16.8. The number of rotatable bonds is 2. The maximum Gasteiger partial charge on any atom is 0.303 e. The van der Waals surface area contributed by atoms with Crippen LogP contribution in [0.15, 0.2) is 24.3 Å². The van der Waals surface area contributed by atoms with Crippen LogP contribution in [-0.2, 0) is 11.2 Å². The summed E-state index contributed by atoms with van der Waals surface area (Å²) >= 11 is 0. The van der Waals surface area contributed by atoms with E-state index in [1.54, 1.807) is 13.0 Å². The highest BCUT2D eigenvalue weighted by molar-refractivity contribution is 5.66. The molecule has 0 aliphatic heterocycles. The normalized spacial score (nSPS) is 8.71. The highest BCUT2D eigenvalue weighted by atomic mass is 16.4. The van der Waals surface area contributed by atoms with E-state index in [0.717, 1.165) is 12.0 Å². The van der Waals surface area contributed by atoms with E-state index in [1.807, 2.05) is 25.1 Å². The van der Waals surface area contributed by atoms with Crippen LogP contribution >= 0.6 is 0 Å². The van der Waals surface area contributed by atoms with E-state index in [2.05, 4.69) is 0 Å². The Labute approximate surface area is 84.0 Å². The molecule has 1 rings (SSSR count). The number of phenols is 1. The quantitative estimate of drug-likeness (QED) is 0.763. The lowest BCUT2D eigenvalue weighted by Crippen LogP contribution is -1.86. The number of para-hydroxylation sites is 1. The second-order valence-corrected chi connectivity index (χ2v) is 2.73. The molecule has 0 radical (unpaired) electrons. The van der Waals surface area contributed by atoms with Crippen LogP contribution in [0.25, 0.3) is 0 Å². The first-order valence-electron chi connectivity index (χ1n) is 4.60. The molecule has 3 heteroatoms. The van der Waals surface area contributed by atoms with Gasteiger partial charge < -0.3 is 10.2 Å². The maximum absolute atomic E-state index is 9.37. The van der Waals surface area contributed by atoms with Crippen molar-refractivity contribution in [3.05, 3.63) is 29.8 Å². The summed E-state index contributed by atoms with van der Waals surface area (Å²) in [6.07, 6.45) is 1.12. The van der Waals surface area contributed by atoms with Crippen LogP contribution in [0.5, 0.6) is 5.75 Å². The third kappa shape index (κ3) is 5.19. The Morgan fingerprint density at radius 2 is 1.79 bits per heavy atom. The third-order valence-corrected chi connectivity index (χ3v) is 1.67. The van der Waals surface area contributed by atoms with E-state index in [0.29, 0.717) is 5.75 Å². The van der Waals surface area contributed by atoms with Gasteiger partial charge in [-0.05, 0) is 18.1 Å². The van der Waals surface area contributed by atoms with Gasteiger partial charge in [-0.2, -0.15) is 0 Å². The number of hydrogen-bond donors (Lipinski definition) is 2. The van der Waals surface area contributed by atoms with Crippen molar-refractivity contribution in [2.45, 2.75) is 26.7 Å². The Kier molecular flexibility index (Phi) is 6.20. The summed E-state index contributed by atoms with van der Waals surface area (Å²) in [5.41, 5.74) is 1.01. The van der Waals surface area contributed by atoms with Crippen molar-refractivity contribution in [3.63, 3.8) is 0 Å². The predicted molar refractivity (Wildman–Crippen MR) is 55.4 cm³/mol. The van der Waals surface area contributed by atoms with Gasteiger partial charge in [-0.15, -0.1) is 0 Å². The first kappa shape index (κ1) is 12.5. The molecule has 0 heterocycles. The Bertz CT molecular complexity index is 282. The number of aliphatic carboxylic acids is 1. The molecule has 0 bridgehead atoms. The number of aromatic hydroxyl groups is 1. The summed E-state index contributed by atoms with van der Waals surface area (Å²) in [4.78, 5) is 9.37. The lowest BCUT2D eigenvalue weighted by atomic mass is 10.1. The van der Waals surface area contributed by atoms with Gasteiger partial charge in [-0.25, -0.2) is 0 Å². The number of benzene rings is 1. The van der Waals surface area contributed by atoms with E-state index in [-0.39, 0.29) is 6.42 Å². The van der Waals surface area contributed by atoms with Gasteiger partial charge in [-0.3, -0.25) is 4.79 Å². The van der Waals surface area contributed by atoms with E-state index in [9.17, 15) is 4.79 Å². The molecule has 0 fully saturated rings. The monoisotopic (exact) mass is 196 g/mol. The lowest BCUT2D eigenvalue weighted by Gasteiger charge is -1.97. The standard InChI is InChI=1S/C8H10O.C3H6O2/c1-2-7-5-3-4-6-8(7)9;1-2-3(4)5/h3-6,9H,2H2,1H3;2H2,1H3,(H,4,5). The summed E-state index contributed by atoms with van der Waals surface area (Å²) in [6.45, 7) is 3.62. The number of hydrogen-bond acceptors (Lipinski definition) is 2. The number of carboxylic acids is 1. The van der Waals surface area contributed by atoms with Gasteiger partial charge in [0.1, 0.15) is 5.75 Å². The second kappa shape index (κ2) is 6.95. The molecule has 0 amide bonds. The summed E-state index contributed by atoms with van der Waals surface area (Å²) in [5.74, 6) is -0.343. The number of carboxylic acid groups (broad SMARTS) is 1. The Balaban J connectivity index is 0.000000292. The van der Waals surface area contributed by atoms with Gasteiger partial charge in [0.05, 0.1) is 0 Å². The molecule has 3 nitrogen and oxygen atoms in total. The SMILES string of the molecule is CCC(=O)O.CCc1ccccc1O. The first-order chi connectivity index (χ1) is 6.61. The van der Waals surface area contributed by atoms with Gasteiger partial charge >= 0.3 is 5.97 Å². The van der Waals surface area contributed by atoms with Crippen molar-refractivity contribution in [1.29, 1.82) is 0 Å². The molecular formula is C11H16O3.